The van der Waals surface area contributed by atoms with Crippen LogP contribution in [0.2, 0.25) is 0 Å². The first-order valence-electron chi connectivity index (χ1n) is 8.80. The molecule has 1 saturated heterocycles. The lowest BCUT2D eigenvalue weighted by atomic mass is 9.96. The number of hydrogen-bond acceptors (Lipinski definition) is 3. The van der Waals surface area contributed by atoms with Gasteiger partial charge >= 0.3 is 0 Å². The van der Waals surface area contributed by atoms with Crippen molar-refractivity contribution >= 4 is 11.8 Å². The molecule has 0 bridgehead atoms. The van der Waals surface area contributed by atoms with Gasteiger partial charge in [-0.3, -0.25) is 9.59 Å². The third-order valence-electron chi connectivity index (χ3n) is 4.77. The molecule has 1 heterocycles. The molecule has 1 fully saturated rings. The summed E-state index contributed by atoms with van der Waals surface area (Å²) in [5, 5.41) is 0. The number of rotatable bonds is 8. The Kier molecular flexibility index (Phi) is 7.09. The molecule has 0 atom stereocenters. The predicted molar refractivity (Wildman–Crippen MR) is 93.7 cm³/mol. The van der Waals surface area contributed by atoms with Crippen LogP contribution in [0.15, 0.2) is 24.3 Å². The highest BCUT2D eigenvalue weighted by molar-refractivity contribution is 5.78. The molecular weight excluding hydrogens is 304 g/mol. The third-order valence-corrected chi connectivity index (χ3v) is 4.77. The van der Waals surface area contributed by atoms with Crippen molar-refractivity contribution in [2.75, 3.05) is 20.2 Å². The Morgan fingerprint density at radius 2 is 1.79 bits per heavy atom. The maximum absolute atomic E-state index is 12.2. The Morgan fingerprint density at radius 1 is 1.12 bits per heavy atom. The Balaban J connectivity index is 1.58. The van der Waals surface area contributed by atoms with E-state index in [2.05, 4.69) is 12.1 Å². The number of methoxy groups -OCH3 is 1. The number of ether oxygens (including phenoxy) is 1. The summed E-state index contributed by atoms with van der Waals surface area (Å²) in [6.45, 7) is 1.33. The minimum absolute atomic E-state index is 0.0569. The van der Waals surface area contributed by atoms with Crippen LogP contribution in [-0.2, 0) is 16.0 Å². The standard InChI is InChI=1S/C19H28N2O3/c1-24-17-9-7-15(8-10-17)5-3-2-4-6-18(22)21-13-11-16(12-14-21)19(20)23/h7-10,16H,2-6,11-14H2,1H3,(H2,20,23). The average Bonchev–Trinajstić information content (AvgIpc) is 2.62. The molecule has 5 nitrogen and oxygen atoms in total. The van der Waals surface area contributed by atoms with Crippen molar-refractivity contribution in [3.8, 4) is 5.75 Å². The first kappa shape index (κ1) is 18.3. The highest BCUT2D eigenvalue weighted by Gasteiger charge is 2.25. The lowest BCUT2D eigenvalue weighted by Gasteiger charge is -2.30. The van der Waals surface area contributed by atoms with Crippen molar-refractivity contribution in [2.24, 2.45) is 11.7 Å². The molecule has 132 valence electrons. The summed E-state index contributed by atoms with van der Waals surface area (Å²) >= 11 is 0. The van der Waals surface area contributed by atoms with Gasteiger partial charge in [0.25, 0.3) is 0 Å². The van der Waals surface area contributed by atoms with E-state index in [4.69, 9.17) is 10.5 Å². The number of amides is 2. The minimum atomic E-state index is -0.236. The zero-order chi connectivity index (χ0) is 17.4. The minimum Gasteiger partial charge on any atom is -0.497 e. The van der Waals surface area contributed by atoms with Gasteiger partial charge in [-0.25, -0.2) is 0 Å². The van der Waals surface area contributed by atoms with E-state index in [0.717, 1.165) is 31.4 Å². The number of carbonyl (C=O) groups excluding carboxylic acids is 2. The number of benzene rings is 1. The molecule has 1 aliphatic heterocycles. The molecule has 0 unspecified atom stereocenters. The summed E-state index contributed by atoms with van der Waals surface area (Å²) in [7, 11) is 1.67. The number of aryl methyl sites for hydroxylation is 1. The lowest BCUT2D eigenvalue weighted by molar-refractivity contribution is -0.135. The molecule has 2 amide bonds. The third kappa shape index (κ3) is 5.55. The van der Waals surface area contributed by atoms with E-state index in [9.17, 15) is 9.59 Å². The van der Waals surface area contributed by atoms with Gasteiger partial charge in [0.2, 0.25) is 11.8 Å². The first-order valence-corrected chi connectivity index (χ1v) is 8.80. The van der Waals surface area contributed by atoms with Gasteiger partial charge in [0.1, 0.15) is 5.75 Å². The van der Waals surface area contributed by atoms with Gasteiger partial charge in [-0.1, -0.05) is 18.6 Å². The van der Waals surface area contributed by atoms with E-state index in [1.807, 2.05) is 17.0 Å². The number of carbonyl (C=O) groups is 2. The fourth-order valence-electron chi connectivity index (χ4n) is 3.15. The maximum Gasteiger partial charge on any atom is 0.222 e. The number of nitrogens with zero attached hydrogens (tertiary/aromatic N) is 1. The Labute approximate surface area is 144 Å². The molecule has 0 aromatic heterocycles. The molecule has 0 spiro atoms. The molecule has 1 aliphatic rings. The Hall–Kier alpha value is -2.04. The lowest BCUT2D eigenvalue weighted by Crippen LogP contribution is -2.41. The summed E-state index contributed by atoms with van der Waals surface area (Å²) in [5.41, 5.74) is 6.62. The van der Waals surface area contributed by atoms with Crippen LogP contribution < -0.4 is 10.5 Å². The summed E-state index contributed by atoms with van der Waals surface area (Å²) in [4.78, 5) is 25.2. The molecule has 1 aromatic carbocycles. The second-order valence-corrected chi connectivity index (χ2v) is 6.47. The summed E-state index contributed by atoms with van der Waals surface area (Å²) < 4.78 is 5.15. The van der Waals surface area contributed by atoms with Crippen LogP contribution in [0, 0.1) is 5.92 Å². The van der Waals surface area contributed by atoms with Crippen molar-refractivity contribution in [1.29, 1.82) is 0 Å². The molecule has 2 rings (SSSR count). The van der Waals surface area contributed by atoms with Crippen molar-refractivity contribution in [1.82, 2.24) is 4.90 Å². The summed E-state index contributed by atoms with van der Waals surface area (Å²) in [6, 6.07) is 8.14. The van der Waals surface area contributed by atoms with E-state index in [-0.39, 0.29) is 17.7 Å². The first-order chi connectivity index (χ1) is 11.6. The van der Waals surface area contributed by atoms with E-state index >= 15 is 0 Å². The molecule has 0 aliphatic carbocycles. The van der Waals surface area contributed by atoms with E-state index in [1.165, 1.54) is 5.56 Å². The SMILES string of the molecule is COc1ccc(CCCCCC(=O)N2CCC(C(N)=O)CC2)cc1. The van der Waals surface area contributed by atoms with Gasteiger partial charge in [-0.15, -0.1) is 0 Å². The van der Waals surface area contributed by atoms with Gasteiger partial charge in [-0.2, -0.15) is 0 Å². The van der Waals surface area contributed by atoms with E-state index in [1.54, 1.807) is 7.11 Å². The Bertz CT molecular complexity index is 534. The van der Waals surface area contributed by atoms with Crippen LogP contribution in [-0.4, -0.2) is 36.9 Å². The van der Waals surface area contributed by atoms with Crippen molar-refractivity contribution < 1.29 is 14.3 Å². The smallest absolute Gasteiger partial charge is 0.222 e. The van der Waals surface area contributed by atoms with Gasteiger partial charge in [0.15, 0.2) is 0 Å². The van der Waals surface area contributed by atoms with E-state index in [0.29, 0.717) is 32.4 Å². The van der Waals surface area contributed by atoms with Crippen molar-refractivity contribution in [3.05, 3.63) is 29.8 Å². The van der Waals surface area contributed by atoms with Crippen molar-refractivity contribution in [2.45, 2.75) is 44.9 Å². The number of unbranched alkanes of at least 4 members (excludes halogenated alkanes) is 2. The Morgan fingerprint density at radius 3 is 2.38 bits per heavy atom. The summed E-state index contributed by atoms with van der Waals surface area (Å²) in [5.74, 6) is 0.797. The average molecular weight is 332 g/mol. The highest BCUT2D eigenvalue weighted by atomic mass is 16.5. The van der Waals surface area contributed by atoms with Gasteiger partial charge in [-0.05, 0) is 49.8 Å². The number of primary amides is 1. The maximum atomic E-state index is 12.2. The second-order valence-electron chi connectivity index (χ2n) is 6.47. The van der Waals surface area contributed by atoms with Gasteiger partial charge in [0, 0.05) is 25.4 Å². The van der Waals surface area contributed by atoms with Gasteiger partial charge in [0.05, 0.1) is 7.11 Å². The summed E-state index contributed by atoms with van der Waals surface area (Å²) in [6.07, 6.45) is 6.10. The van der Waals surface area contributed by atoms with Crippen LogP contribution in [0.25, 0.3) is 0 Å². The normalized spacial score (nSPS) is 15.3. The van der Waals surface area contributed by atoms with Crippen LogP contribution in [0.3, 0.4) is 0 Å². The highest BCUT2D eigenvalue weighted by Crippen LogP contribution is 2.18. The molecule has 24 heavy (non-hydrogen) atoms. The topological polar surface area (TPSA) is 72.6 Å². The predicted octanol–water partition coefficient (Wildman–Crippen LogP) is 2.52. The zero-order valence-corrected chi connectivity index (χ0v) is 14.5. The number of hydrogen-bond donors (Lipinski definition) is 1. The molecular formula is C19H28N2O3. The quantitative estimate of drug-likeness (QED) is 0.744. The number of piperidine rings is 1. The van der Waals surface area contributed by atoms with Crippen LogP contribution in [0.5, 0.6) is 5.75 Å². The fourth-order valence-corrected chi connectivity index (χ4v) is 3.15. The van der Waals surface area contributed by atoms with Gasteiger partial charge < -0.3 is 15.4 Å². The molecule has 0 radical (unpaired) electrons. The molecule has 2 N–H and O–H groups in total. The molecule has 0 saturated carbocycles. The second kappa shape index (κ2) is 9.30. The zero-order valence-electron chi connectivity index (χ0n) is 14.5. The van der Waals surface area contributed by atoms with Crippen molar-refractivity contribution in [3.63, 3.8) is 0 Å². The van der Waals surface area contributed by atoms with Crippen LogP contribution >= 0.6 is 0 Å². The number of nitrogens with two attached hydrogens (primary N) is 1. The van der Waals surface area contributed by atoms with Crippen LogP contribution in [0.4, 0.5) is 0 Å². The molecule has 5 heteroatoms. The van der Waals surface area contributed by atoms with Crippen LogP contribution in [0.1, 0.15) is 44.1 Å². The fraction of sp³-hybridized carbons (Fsp3) is 0.579. The monoisotopic (exact) mass is 332 g/mol. The largest absolute Gasteiger partial charge is 0.497 e. The number of likely N-dealkylation sites (tertiary alicyclic amines) is 1. The van der Waals surface area contributed by atoms with E-state index < -0.39 is 0 Å². The molecule has 1 aromatic rings.